The monoisotopic (exact) mass is 283 g/mol. The Bertz CT molecular complexity index is 470. The van der Waals surface area contributed by atoms with E-state index in [1.807, 2.05) is 0 Å². The number of hydrogen-bond donors (Lipinski definition) is 2. The molecule has 4 nitrogen and oxygen atoms in total. The number of halogens is 2. The lowest BCUT2D eigenvalue weighted by Gasteiger charge is -2.24. The van der Waals surface area contributed by atoms with Crippen molar-refractivity contribution in [2.45, 2.75) is 9.77 Å². The van der Waals surface area contributed by atoms with Crippen molar-refractivity contribution >= 4 is 38.7 Å². The normalized spacial score (nSPS) is 14.8. The van der Waals surface area contributed by atoms with Crippen molar-refractivity contribution in [2.75, 3.05) is 12.0 Å². The van der Waals surface area contributed by atoms with Gasteiger partial charge in [-0.25, -0.2) is 8.42 Å². The van der Waals surface area contributed by atoms with Crippen LogP contribution >= 0.6 is 23.2 Å². The molecule has 0 radical (unpaired) electrons. The van der Waals surface area contributed by atoms with Crippen LogP contribution in [0.4, 0.5) is 5.69 Å². The van der Waals surface area contributed by atoms with Gasteiger partial charge in [-0.1, -0.05) is 35.3 Å². The van der Waals surface area contributed by atoms with Gasteiger partial charge in [0.15, 0.2) is 9.84 Å². The van der Waals surface area contributed by atoms with Gasteiger partial charge in [-0.05, 0) is 17.7 Å². The molecular formula is C9H11Cl2NO3S. The Morgan fingerprint density at radius 1 is 1.31 bits per heavy atom. The van der Waals surface area contributed by atoms with Gasteiger partial charge in [-0.3, -0.25) is 0 Å². The zero-order valence-electron chi connectivity index (χ0n) is 8.39. The van der Waals surface area contributed by atoms with Crippen LogP contribution in [0.2, 0.25) is 0 Å². The van der Waals surface area contributed by atoms with Gasteiger partial charge in [0.05, 0.1) is 0 Å². The number of nitrogens with two attached hydrogens (primary N) is 1. The van der Waals surface area contributed by atoms with Crippen LogP contribution in [-0.4, -0.2) is 23.4 Å². The van der Waals surface area contributed by atoms with Gasteiger partial charge < -0.3 is 10.8 Å². The molecule has 0 unspecified atom stereocenters. The molecule has 0 aromatic heterocycles. The predicted molar refractivity (Wildman–Crippen MR) is 65.1 cm³/mol. The molecule has 16 heavy (non-hydrogen) atoms. The number of anilines is 1. The van der Waals surface area contributed by atoms with E-state index in [1.165, 1.54) is 24.3 Å². The minimum absolute atomic E-state index is 0.282. The van der Waals surface area contributed by atoms with Gasteiger partial charge in [-0.15, -0.1) is 0 Å². The summed E-state index contributed by atoms with van der Waals surface area (Å²) in [7, 11) is -3.81. The summed E-state index contributed by atoms with van der Waals surface area (Å²) in [5, 5.41) is 9.79. The molecule has 0 saturated heterocycles. The first kappa shape index (κ1) is 13.6. The largest absolute Gasteiger partial charge is 0.399 e. The van der Waals surface area contributed by atoms with Crippen molar-refractivity contribution < 1.29 is 13.5 Å². The molecule has 0 aliphatic rings. The van der Waals surface area contributed by atoms with Gasteiger partial charge in [0.25, 0.3) is 0 Å². The van der Waals surface area contributed by atoms with E-state index in [0.717, 1.165) is 6.26 Å². The van der Waals surface area contributed by atoms with Crippen LogP contribution in [0.15, 0.2) is 24.3 Å². The van der Waals surface area contributed by atoms with Crippen LogP contribution in [0.1, 0.15) is 11.7 Å². The lowest BCUT2D eigenvalue weighted by atomic mass is 10.1. The molecule has 1 aromatic rings. The maximum Gasteiger partial charge on any atom is 0.247 e. The molecule has 90 valence electrons. The third-order valence-corrected chi connectivity index (χ3v) is 5.37. The first-order chi connectivity index (χ1) is 7.16. The van der Waals surface area contributed by atoms with E-state index in [9.17, 15) is 13.5 Å². The standard InChI is InChI=1S/C9H11Cl2NO3S/c1-16(14,15)9(10,11)8(13)6-2-4-7(12)5-3-6/h2-5,8,13H,12H2,1H3/t8-/m0/s1. The van der Waals surface area contributed by atoms with Crippen LogP contribution in [0.5, 0.6) is 0 Å². The third kappa shape index (κ3) is 2.60. The van der Waals surface area contributed by atoms with Crippen molar-refractivity contribution in [3.8, 4) is 0 Å². The minimum Gasteiger partial charge on any atom is -0.399 e. The Hall–Kier alpha value is -0.490. The highest BCUT2D eigenvalue weighted by Gasteiger charge is 2.44. The molecule has 1 aromatic carbocycles. The van der Waals surface area contributed by atoms with E-state index in [2.05, 4.69) is 0 Å². The van der Waals surface area contributed by atoms with E-state index in [-0.39, 0.29) is 5.56 Å². The van der Waals surface area contributed by atoms with Crippen LogP contribution in [-0.2, 0) is 9.84 Å². The molecule has 3 N–H and O–H groups in total. The average molecular weight is 284 g/mol. The summed E-state index contributed by atoms with van der Waals surface area (Å²) in [6, 6.07) is 5.96. The molecule has 1 rings (SSSR count). The molecule has 0 aliphatic heterocycles. The quantitative estimate of drug-likeness (QED) is 0.650. The van der Waals surface area contributed by atoms with Crippen molar-refractivity contribution in [3.63, 3.8) is 0 Å². The van der Waals surface area contributed by atoms with Gasteiger partial charge in [-0.2, -0.15) is 0 Å². The second-order valence-corrected chi connectivity index (χ2v) is 7.43. The molecule has 0 spiro atoms. The zero-order chi connectivity index (χ0) is 12.6. The molecule has 0 saturated carbocycles. The maximum absolute atomic E-state index is 11.3. The lowest BCUT2D eigenvalue weighted by Crippen LogP contribution is -2.32. The highest BCUT2D eigenvalue weighted by atomic mass is 35.5. The first-order valence-corrected chi connectivity index (χ1v) is 6.92. The Morgan fingerprint density at radius 3 is 2.12 bits per heavy atom. The molecule has 0 heterocycles. The Kier molecular flexibility index (Phi) is 3.74. The molecule has 0 fully saturated rings. The molecule has 0 amide bonds. The Labute approximate surface area is 104 Å². The number of aliphatic hydroxyl groups is 1. The van der Waals surface area contributed by atoms with Gasteiger partial charge in [0.2, 0.25) is 3.67 Å². The number of aliphatic hydroxyl groups excluding tert-OH is 1. The fourth-order valence-corrected chi connectivity index (χ4v) is 1.87. The van der Waals surface area contributed by atoms with Crippen molar-refractivity contribution in [1.82, 2.24) is 0 Å². The van der Waals surface area contributed by atoms with Crippen LogP contribution in [0.25, 0.3) is 0 Å². The summed E-state index contributed by atoms with van der Waals surface area (Å²) in [5.41, 5.74) is 6.23. The SMILES string of the molecule is CS(=O)(=O)C(Cl)(Cl)[C@@H](O)c1ccc(N)cc1. The summed E-state index contributed by atoms with van der Waals surface area (Å²) in [6.45, 7) is 0. The van der Waals surface area contributed by atoms with Crippen molar-refractivity contribution in [2.24, 2.45) is 0 Å². The number of sulfone groups is 1. The van der Waals surface area contributed by atoms with Crippen LogP contribution < -0.4 is 5.73 Å². The summed E-state index contributed by atoms with van der Waals surface area (Å²) in [5.74, 6) is 0. The van der Waals surface area contributed by atoms with Crippen molar-refractivity contribution in [1.29, 1.82) is 0 Å². The molecule has 0 aliphatic carbocycles. The summed E-state index contributed by atoms with van der Waals surface area (Å²) >= 11 is 11.3. The highest BCUT2D eigenvalue weighted by molar-refractivity contribution is 7.94. The van der Waals surface area contributed by atoms with Gasteiger partial charge >= 0.3 is 0 Å². The maximum atomic E-state index is 11.3. The number of nitrogen functional groups attached to an aromatic ring is 1. The fraction of sp³-hybridized carbons (Fsp3) is 0.333. The van der Waals surface area contributed by atoms with Gasteiger partial charge in [0, 0.05) is 11.9 Å². The topological polar surface area (TPSA) is 80.4 Å². The van der Waals surface area contributed by atoms with Crippen LogP contribution in [0.3, 0.4) is 0 Å². The van der Waals surface area contributed by atoms with E-state index in [1.54, 1.807) is 0 Å². The number of rotatable bonds is 3. The molecule has 7 heteroatoms. The summed E-state index contributed by atoms with van der Waals surface area (Å²) < 4.78 is 20.3. The average Bonchev–Trinajstić information content (AvgIpc) is 2.16. The smallest absolute Gasteiger partial charge is 0.247 e. The number of benzene rings is 1. The lowest BCUT2D eigenvalue weighted by molar-refractivity contribution is 0.181. The fourth-order valence-electron chi connectivity index (χ4n) is 1.08. The summed E-state index contributed by atoms with van der Waals surface area (Å²) in [4.78, 5) is 0. The third-order valence-electron chi connectivity index (χ3n) is 2.06. The van der Waals surface area contributed by atoms with Crippen molar-refractivity contribution in [3.05, 3.63) is 29.8 Å². The second kappa shape index (κ2) is 4.41. The Balaban J connectivity index is 3.12. The van der Waals surface area contributed by atoms with E-state index < -0.39 is 19.6 Å². The first-order valence-electron chi connectivity index (χ1n) is 4.27. The minimum atomic E-state index is -3.81. The van der Waals surface area contributed by atoms with E-state index in [0.29, 0.717) is 5.69 Å². The second-order valence-electron chi connectivity index (χ2n) is 3.40. The Morgan fingerprint density at radius 2 is 1.75 bits per heavy atom. The molecule has 1 atom stereocenters. The van der Waals surface area contributed by atoms with E-state index in [4.69, 9.17) is 28.9 Å². The van der Waals surface area contributed by atoms with Crippen LogP contribution in [0, 0.1) is 0 Å². The highest BCUT2D eigenvalue weighted by Crippen LogP contribution is 2.40. The zero-order valence-corrected chi connectivity index (χ0v) is 10.7. The van der Waals surface area contributed by atoms with Gasteiger partial charge in [0.1, 0.15) is 6.10 Å². The molecular weight excluding hydrogens is 273 g/mol. The number of hydrogen-bond acceptors (Lipinski definition) is 4. The predicted octanol–water partition coefficient (Wildman–Crippen LogP) is 1.48. The number of alkyl halides is 2. The van der Waals surface area contributed by atoms with E-state index >= 15 is 0 Å². The summed E-state index contributed by atoms with van der Waals surface area (Å²) in [6.07, 6.45) is -0.681. The molecule has 0 bridgehead atoms.